The Labute approximate surface area is 69.4 Å². The normalized spacial score (nSPS) is 19.8. The summed E-state index contributed by atoms with van der Waals surface area (Å²) in [5.41, 5.74) is 5.05. The van der Waals surface area contributed by atoms with E-state index in [-0.39, 0.29) is 5.57 Å². The number of carbonyl (C=O) groups excluding carboxylic acids is 1. The molecule has 0 saturated heterocycles. The highest BCUT2D eigenvalue weighted by Gasteiger charge is 2.25. The predicted octanol–water partition coefficient (Wildman–Crippen LogP) is -0.728. The third kappa shape index (κ3) is 1.20. The second-order valence-corrected chi connectivity index (χ2v) is 3.92. The van der Waals surface area contributed by atoms with Gasteiger partial charge in [0.25, 0.3) is 0 Å². The smallest absolute Gasteiger partial charge is 0.340 e. The van der Waals surface area contributed by atoms with Crippen molar-refractivity contribution in [1.29, 1.82) is 0 Å². The van der Waals surface area contributed by atoms with Crippen molar-refractivity contribution in [2.75, 3.05) is 7.11 Å². The zero-order valence-electron chi connectivity index (χ0n) is 6.27. The van der Waals surface area contributed by atoms with E-state index in [0.717, 1.165) is 18.6 Å². The van der Waals surface area contributed by atoms with Crippen molar-refractivity contribution >= 4 is 15.8 Å². The molecule has 2 N–H and O–H groups in total. The highest BCUT2D eigenvalue weighted by molar-refractivity contribution is 7.98. The first-order valence-electron chi connectivity index (χ1n) is 3.00. The lowest BCUT2D eigenvalue weighted by Gasteiger charge is -1.97. The van der Waals surface area contributed by atoms with Gasteiger partial charge in [-0.05, 0) is 6.08 Å². The van der Waals surface area contributed by atoms with Crippen LogP contribution in [0.1, 0.15) is 0 Å². The summed E-state index contributed by atoms with van der Waals surface area (Å²) in [6, 6.07) is 0. The van der Waals surface area contributed by atoms with Crippen molar-refractivity contribution in [2.24, 2.45) is 5.73 Å². The fraction of sp³-hybridized carbons (Fsp3) is 0.167. The number of methoxy groups -OCH3 is 1. The molecule has 0 spiro atoms. The second-order valence-electron chi connectivity index (χ2n) is 2.12. The largest absolute Gasteiger partial charge is 0.465 e. The summed E-state index contributed by atoms with van der Waals surface area (Å²) < 4.78 is 26.1. The van der Waals surface area contributed by atoms with Gasteiger partial charge in [-0.1, -0.05) is 0 Å². The molecule has 66 valence electrons. The number of rotatable bonds is 1. The number of nitrogens with two attached hydrogens (primary N) is 1. The van der Waals surface area contributed by atoms with E-state index >= 15 is 0 Å². The third-order valence-electron chi connectivity index (χ3n) is 1.39. The molecule has 0 aliphatic carbocycles. The molecule has 0 fully saturated rings. The molecule has 1 rings (SSSR count). The van der Waals surface area contributed by atoms with Crippen molar-refractivity contribution < 1.29 is 17.9 Å². The minimum Gasteiger partial charge on any atom is -0.465 e. The molecule has 0 atom stereocenters. The van der Waals surface area contributed by atoms with E-state index in [1.165, 1.54) is 0 Å². The van der Waals surface area contributed by atoms with Gasteiger partial charge in [0.15, 0.2) is 0 Å². The van der Waals surface area contributed by atoms with Crippen LogP contribution in [-0.2, 0) is 19.4 Å². The van der Waals surface area contributed by atoms with Crippen LogP contribution in [0.25, 0.3) is 0 Å². The number of hydrogen-bond donors (Lipinski definition) is 1. The van der Waals surface area contributed by atoms with E-state index in [0.29, 0.717) is 0 Å². The van der Waals surface area contributed by atoms with Crippen molar-refractivity contribution in [2.45, 2.75) is 0 Å². The zero-order valence-corrected chi connectivity index (χ0v) is 7.09. The quantitative estimate of drug-likeness (QED) is 0.549. The molecule has 0 radical (unpaired) electrons. The van der Waals surface area contributed by atoms with Crippen LogP contribution >= 0.6 is 0 Å². The highest BCUT2D eigenvalue weighted by atomic mass is 32.2. The third-order valence-corrected chi connectivity index (χ3v) is 2.72. The summed E-state index contributed by atoms with van der Waals surface area (Å²) in [6.07, 6.45) is 1.12. The van der Waals surface area contributed by atoms with Gasteiger partial charge in [0, 0.05) is 5.41 Å². The number of esters is 1. The summed E-state index contributed by atoms with van der Waals surface area (Å²) in [6.45, 7) is 0. The predicted molar refractivity (Wildman–Crippen MR) is 41.3 cm³/mol. The highest BCUT2D eigenvalue weighted by Crippen LogP contribution is 2.19. The molecule has 1 heterocycles. The van der Waals surface area contributed by atoms with Gasteiger partial charge in [-0.15, -0.1) is 0 Å². The molecule has 1 aliphatic rings. The molecule has 5 nitrogen and oxygen atoms in total. The summed E-state index contributed by atoms with van der Waals surface area (Å²) >= 11 is 0. The number of carbonyl (C=O) groups is 1. The molecule has 6 heteroatoms. The topological polar surface area (TPSA) is 86.5 Å². The van der Waals surface area contributed by atoms with Gasteiger partial charge in [0.1, 0.15) is 5.03 Å². The van der Waals surface area contributed by atoms with E-state index in [1.807, 2.05) is 0 Å². The van der Waals surface area contributed by atoms with Gasteiger partial charge < -0.3 is 10.5 Å². The van der Waals surface area contributed by atoms with Crippen molar-refractivity contribution in [1.82, 2.24) is 0 Å². The SMILES string of the molecule is COC(=O)C1=C(N)S(=O)(=O)C=C1. The summed E-state index contributed by atoms with van der Waals surface area (Å²) in [7, 11) is -2.40. The fourth-order valence-electron chi connectivity index (χ4n) is 0.745. The molecule has 0 unspecified atom stereocenters. The average molecular weight is 189 g/mol. The first kappa shape index (κ1) is 8.79. The zero-order chi connectivity index (χ0) is 9.35. The molecule has 1 aliphatic heterocycles. The van der Waals surface area contributed by atoms with Crippen LogP contribution in [0.5, 0.6) is 0 Å². The fourth-order valence-corrected chi connectivity index (χ4v) is 1.66. The first-order valence-corrected chi connectivity index (χ1v) is 4.55. The van der Waals surface area contributed by atoms with Gasteiger partial charge >= 0.3 is 5.97 Å². The van der Waals surface area contributed by atoms with Crippen molar-refractivity contribution in [3.63, 3.8) is 0 Å². The van der Waals surface area contributed by atoms with Gasteiger partial charge in [0.2, 0.25) is 9.84 Å². The molecule has 12 heavy (non-hydrogen) atoms. The van der Waals surface area contributed by atoms with Crippen LogP contribution in [-0.4, -0.2) is 21.5 Å². The molecule has 0 amide bonds. The molecule has 0 aromatic heterocycles. The lowest BCUT2D eigenvalue weighted by Crippen LogP contribution is -2.12. The van der Waals surface area contributed by atoms with E-state index in [1.54, 1.807) is 0 Å². The van der Waals surface area contributed by atoms with Crippen LogP contribution in [0.3, 0.4) is 0 Å². The second kappa shape index (κ2) is 2.63. The molecule has 0 aromatic carbocycles. The Balaban J connectivity index is 3.19. The lowest BCUT2D eigenvalue weighted by atomic mass is 10.3. The molecule has 0 aromatic rings. The average Bonchev–Trinajstić information content (AvgIpc) is 2.27. The number of sulfone groups is 1. The summed E-state index contributed by atoms with van der Waals surface area (Å²) in [4.78, 5) is 10.8. The number of hydrogen-bond acceptors (Lipinski definition) is 5. The van der Waals surface area contributed by atoms with Gasteiger partial charge in [-0.2, -0.15) is 0 Å². The van der Waals surface area contributed by atoms with Gasteiger partial charge in [-0.3, -0.25) is 0 Å². The van der Waals surface area contributed by atoms with Crippen LogP contribution in [0.2, 0.25) is 0 Å². The van der Waals surface area contributed by atoms with E-state index in [2.05, 4.69) is 4.74 Å². The van der Waals surface area contributed by atoms with Crippen molar-refractivity contribution in [3.8, 4) is 0 Å². The van der Waals surface area contributed by atoms with Crippen molar-refractivity contribution in [3.05, 3.63) is 22.1 Å². The van der Waals surface area contributed by atoms with Crippen LogP contribution < -0.4 is 5.73 Å². The number of ether oxygens (including phenoxy) is 1. The Hall–Kier alpha value is -1.30. The Morgan fingerprint density at radius 3 is 2.50 bits per heavy atom. The summed E-state index contributed by atoms with van der Waals surface area (Å²) in [5, 5.41) is 0.420. The Morgan fingerprint density at radius 1 is 1.58 bits per heavy atom. The molecular weight excluding hydrogens is 182 g/mol. The maximum absolute atomic E-state index is 10.9. The van der Waals surface area contributed by atoms with E-state index in [9.17, 15) is 13.2 Å². The van der Waals surface area contributed by atoms with Crippen LogP contribution in [0.4, 0.5) is 0 Å². The molecule has 0 saturated carbocycles. The Kier molecular flexibility index (Phi) is 1.93. The minimum absolute atomic E-state index is 0.113. The Morgan fingerprint density at radius 2 is 2.17 bits per heavy atom. The van der Waals surface area contributed by atoms with Crippen LogP contribution in [0.15, 0.2) is 22.1 Å². The molecule has 0 bridgehead atoms. The van der Waals surface area contributed by atoms with Gasteiger partial charge in [0.05, 0.1) is 12.7 Å². The standard InChI is InChI=1S/C6H7NO4S/c1-11-6(8)4-2-3-12(9,10)5(4)7/h2-3H,7H2,1H3. The lowest BCUT2D eigenvalue weighted by molar-refractivity contribution is -0.135. The van der Waals surface area contributed by atoms with E-state index in [4.69, 9.17) is 5.73 Å². The Bertz CT molecular complexity index is 376. The minimum atomic E-state index is -3.55. The maximum atomic E-state index is 10.9. The van der Waals surface area contributed by atoms with Gasteiger partial charge in [-0.25, -0.2) is 13.2 Å². The van der Waals surface area contributed by atoms with Crippen LogP contribution in [0, 0.1) is 0 Å². The maximum Gasteiger partial charge on any atom is 0.340 e. The first-order chi connectivity index (χ1) is 5.49. The van der Waals surface area contributed by atoms with E-state index < -0.39 is 20.8 Å². The molecular formula is C6H7NO4S. The monoisotopic (exact) mass is 189 g/mol. The summed E-state index contributed by atoms with van der Waals surface area (Å²) in [5.74, 6) is -0.746.